The lowest BCUT2D eigenvalue weighted by molar-refractivity contribution is -0.134. The van der Waals surface area contributed by atoms with E-state index in [4.69, 9.17) is 5.73 Å². The number of rotatable bonds is 6. The molecule has 4 heteroatoms. The number of amides is 1. The molecule has 0 aliphatic heterocycles. The molecule has 21 heavy (non-hydrogen) atoms. The lowest BCUT2D eigenvalue weighted by Crippen LogP contribution is -2.43. The minimum absolute atomic E-state index is 0.0361. The molecule has 0 saturated heterocycles. The number of aliphatic hydroxyl groups is 1. The van der Waals surface area contributed by atoms with Crippen LogP contribution in [0.3, 0.4) is 0 Å². The van der Waals surface area contributed by atoms with E-state index in [0.717, 1.165) is 24.0 Å². The van der Waals surface area contributed by atoms with Gasteiger partial charge >= 0.3 is 0 Å². The summed E-state index contributed by atoms with van der Waals surface area (Å²) in [5, 5.41) is 9.24. The second-order valence-electron chi connectivity index (χ2n) is 5.80. The molecule has 1 aliphatic carbocycles. The Hall–Kier alpha value is -1.39. The summed E-state index contributed by atoms with van der Waals surface area (Å²) in [4.78, 5) is 14.4. The van der Waals surface area contributed by atoms with Crippen LogP contribution in [0, 0.1) is 0 Å². The van der Waals surface area contributed by atoms with Crippen LogP contribution in [-0.4, -0.2) is 35.1 Å². The van der Waals surface area contributed by atoms with Crippen molar-refractivity contribution in [2.45, 2.75) is 51.1 Å². The van der Waals surface area contributed by atoms with Crippen LogP contribution >= 0.6 is 0 Å². The van der Waals surface area contributed by atoms with E-state index >= 15 is 0 Å². The van der Waals surface area contributed by atoms with E-state index in [1.165, 1.54) is 19.3 Å². The number of nitrogens with two attached hydrogens (primary N) is 1. The maximum absolute atomic E-state index is 12.5. The standard InChI is InChI=1S/C17H26N2O2/c18-13-15-8-6-14(7-9-15)12-17(21)19(10-11-20)16-4-2-1-3-5-16/h6-9,16,20H,1-5,10-13,18H2. The molecule has 1 fully saturated rings. The van der Waals surface area contributed by atoms with Crippen molar-refractivity contribution in [2.75, 3.05) is 13.2 Å². The summed E-state index contributed by atoms with van der Waals surface area (Å²) in [7, 11) is 0. The van der Waals surface area contributed by atoms with Crippen LogP contribution in [0.4, 0.5) is 0 Å². The van der Waals surface area contributed by atoms with Crippen LogP contribution < -0.4 is 5.73 Å². The van der Waals surface area contributed by atoms with Gasteiger partial charge in [-0.3, -0.25) is 4.79 Å². The third-order valence-corrected chi connectivity index (χ3v) is 4.29. The topological polar surface area (TPSA) is 66.6 Å². The summed E-state index contributed by atoms with van der Waals surface area (Å²) in [5.41, 5.74) is 7.67. The molecule has 4 nitrogen and oxygen atoms in total. The van der Waals surface area contributed by atoms with Crippen LogP contribution in [0.2, 0.25) is 0 Å². The average Bonchev–Trinajstić information content (AvgIpc) is 2.54. The number of hydrogen-bond donors (Lipinski definition) is 2. The lowest BCUT2D eigenvalue weighted by atomic mass is 9.93. The molecule has 3 N–H and O–H groups in total. The minimum Gasteiger partial charge on any atom is -0.395 e. The SMILES string of the molecule is NCc1ccc(CC(=O)N(CCO)C2CCCCC2)cc1. The molecule has 0 aromatic heterocycles. The molecule has 1 aromatic carbocycles. The summed E-state index contributed by atoms with van der Waals surface area (Å²) >= 11 is 0. The molecule has 0 bridgehead atoms. The van der Waals surface area contributed by atoms with Gasteiger partial charge in [0.15, 0.2) is 0 Å². The van der Waals surface area contributed by atoms with Crippen LogP contribution in [-0.2, 0) is 17.8 Å². The zero-order chi connectivity index (χ0) is 15.1. The maximum atomic E-state index is 12.5. The lowest BCUT2D eigenvalue weighted by Gasteiger charge is -2.34. The molecule has 0 unspecified atom stereocenters. The van der Waals surface area contributed by atoms with Crippen molar-refractivity contribution in [1.82, 2.24) is 4.90 Å². The average molecular weight is 290 g/mol. The summed E-state index contributed by atoms with van der Waals surface area (Å²) in [6, 6.07) is 8.19. The first kappa shape index (κ1) is 16.0. The quantitative estimate of drug-likeness (QED) is 0.840. The number of nitrogens with zero attached hydrogens (tertiary/aromatic N) is 1. The Morgan fingerprint density at radius 3 is 2.33 bits per heavy atom. The van der Waals surface area contributed by atoms with Crippen molar-refractivity contribution in [2.24, 2.45) is 5.73 Å². The van der Waals surface area contributed by atoms with Crippen LogP contribution in [0.1, 0.15) is 43.2 Å². The first-order valence-electron chi connectivity index (χ1n) is 7.93. The van der Waals surface area contributed by atoms with Crippen molar-refractivity contribution < 1.29 is 9.90 Å². The molecule has 1 aromatic rings. The third-order valence-electron chi connectivity index (χ3n) is 4.29. The molecule has 2 rings (SSSR count). The first-order chi connectivity index (χ1) is 10.2. The maximum Gasteiger partial charge on any atom is 0.227 e. The van der Waals surface area contributed by atoms with Crippen LogP contribution in [0.5, 0.6) is 0 Å². The molecule has 1 saturated carbocycles. The molecule has 0 radical (unpaired) electrons. The third kappa shape index (κ3) is 4.55. The molecule has 0 atom stereocenters. The normalized spacial score (nSPS) is 15.9. The highest BCUT2D eigenvalue weighted by Crippen LogP contribution is 2.23. The zero-order valence-corrected chi connectivity index (χ0v) is 12.6. The van der Waals surface area contributed by atoms with Gasteiger partial charge in [0, 0.05) is 19.1 Å². The van der Waals surface area contributed by atoms with E-state index < -0.39 is 0 Å². The highest BCUT2D eigenvalue weighted by molar-refractivity contribution is 5.79. The van der Waals surface area contributed by atoms with Gasteiger partial charge in [-0.15, -0.1) is 0 Å². The second kappa shape index (κ2) is 8.15. The Bertz CT molecular complexity index is 439. The van der Waals surface area contributed by atoms with Crippen LogP contribution in [0.15, 0.2) is 24.3 Å². The predicted molar refractivity (Wildman–Crippen MR) is 83.7 cm³/mol. The van der Waals surface area contributed by atoms with Gasteiger partial charge in [0.2, 0.25) is 5.91 Å². The van der Waals surface area contributed by atoms with Gasteiger partial charge in [0.25, 0.3) is 0 Å². The van der Waals surface area contributed by atoms with Crippen molar-refractivity contribution in [3.8, 4) is 0 Å². The van der Waals surface area contributed by atoms with Crippen molar-refractivity contribution in [3.63, 3.8) is 0 Å². The highest BCUT2D eigenvalue weighted by atomic mass is 16.3. The summed E-state index contributed by atoms with van der Waals surface area (Å²) in [6.07, 6.45) is 6.17. The smallest absolute Gasteiger partial charge is 0.227 e. The number of carbonyl (C=O) groups excluding carboxylic acids is 1. The fourth-order valence-electron chi connectivity index (χ4n) is 3.08. The predicted octanol–water partition coefficient (Wildman–Crippen LogP) is 1.84. The van der Waals surface area contributed by atoms with E-state index in [0.29, 0.717) is 25.6 Å². The molecule has 116 valence electrons. The minimum atomic E-state index is 0.0361. The largest absolute Gasteiger partial charge is 0.395 e. The number of hydrogen-bond acceptors (Lipinski definition) is 3. The van der Waals surface area contributed by atoms with Crippen molar-refractivity contribution in [1.29, 1.82) is 0 Å². The second-order valence-corrected chi connectivity index (χ2v) is 5.80. The van der Waals surface area contributed by atoms with Crippen molar-refractivity contribution >= 4 is 5.91 Å². The van der Waals surface area contributed by atoms with Gasteiger partial charge < -0.3 is 15.7 Å². The molecule has 0 heterocycles. The molecule has 1 aliphatic rings. The van der Waals surface area contributed by atoms with Crippen molar-refractivity contribution in [3.05, 3.63) is 35.4 Å². The molecule has 0 spiro atoms. The monoisotopic (exact) mass is 290 g/mol. The summed E-state index contributed by atoms with van der Waals surface area (Å²) in [6.45, 7) is 1.01. The molecular weight excluding hydrogens is 264 g/mol. The van der Waals surface area contributed by atoms with E-state index in [2.05, 4.69) is 0 Å². The van der Waals surface area contributed by atoms with Gasteiger partial charge in [-0.1, -0.05) is 43.5 Å². The van der Waals surface area contributed by atoms with Crippen LogP contribution in [0.25, 0.3) is 0 Å². The summed E-state index contributed by atoms with van der Waals surface area (Å²) < 4.78 is 0. The number of aliphatic hydroxyl groups excluding tert-OH is 1. The van der Waals surface area contributed by atoms with Gasteiger partial charge in [-0.25, -0.2) is 0 Å². The fourth-order valence-corrected chi connectivity index (χ4v) is 3.08. The Morgan fingerprint density at radius 2 is 1.76 bits per heavy atom. The number of benzene rings is 1. The van der Waals surface area contributed by atoms with Gasteiger partial charge in [0.1, 0.15) is 0 Å². The fraction of sp³-hybridized carbons (Fsp3) is 0.588. The molecular formula is C17H26N2O2. The molecule has 1 amide bonds. The Labute approximate surface area is 126 Å². The number of carbonyl (C=O) groups is 1. The van der Waals surface area contributed by atoms with Gasteiger partial charge in [-0.2, -0.15) is 0 Å². The van der Waals surface area contributed by atoms with E-state index in [-0.39, 0.29) is 12.5 Å². The Balaban J connectivity index is 1.99. The zero-order valence-electron chi connectivity index (χ0n) is 12.6. The van der Waals surface area contributed by atoms with Gasteiger partial charge in [-0.05, 0) is 24.0 Å². The van der Waals surface area contributed by atoms with Gasteiger partial charge in [0.05, 0.1) is 13.0 Å². The van der Waals surface area contributed by atoms with E-state index in [9.17, 15) is 9.90 Å². The Morgan fingerprint density at radius 1 is 1.14 bits per heavy atom. The summed E-state index contributed by atoms with van der Waals surface area (Å²) in [5.74, 6) is 0.122. The van der Waals surface area contributed by atoms with E-state index in [1.807, 2.05) is 29.2 Å². The first-order valence-corrected chi connectivity index (χ1v) is 7.93. The Kier molecular flexibility index (Phi) is 6.21. The van der Waals surface area contributed by atoms with E-state index in [1.54, 1.807) is 0 Å². The highest BCUT2D eigenvalue weighted by Gasteiger charge is 2.24.